The van der Waals surface area contributed by atoms with E-state index in [9.17, 15) is 0 Å². The number of hydrogen-bond donors (Lipinski definition) is 0. The van der Waals surface area contributed by atoms with E-state index in [0.29, 0.717) is 0 Å². The Morgan fingerprint density at radius 1 is 0.538 bits per heavy atom. The third-order valence-electron chi connectivity index (χ3n) is 7.99. The molecule has 0 fully saturated rings. The number of aromatic nitrogens is 1. The molecule has 0 atom stereocenters. The van der Waals surface area contributed by atoms with Crippen LogP contribution in [0.15, 0.2) is 132 Å². The molecule has 39 heavy (non-hydrogen) atoms. The van der Waals surface area contributed by atoms with E-state index in [4.69, 9.17) is 4.42 Å². The average molecular weight is 563 g/mol. The molecule has 3 heteroatoms. The van der Waals surface area contributed by atoms with Crippen molar-refractivity contribution in [1.82, 2.24) is 4.57 Å². The molecule has 6 aromatic carbocycles. The molecule has 0 aliphatic rings. The van der Waals surface area contributed by atoms with Crippen LogP contribution in [0.25, 0.3) is 79.9 Å². The quantitative estimate of drug-likeness (QED) is 0.192. The van der Waals surface area contributed by atoms with E-state index in [1.807, 2.05) is 6.07 Å². The Balaban J connectivity index is 1.47. The number of para-hydroxylation sites is 3. The second-order valence-electron chi connectivity index (χ2n) is 10.1. The molecule has 9 aromatic rings. The summed E-state index contributed by atoms with van der Waals surface area (Å²) in [5, 5.41) is 7.66. The molecular formula is C36H21NOSe. The van der Waals surface area contributed by atoms with Crippen LogP contribution in [0.5, 0.6) is 0 Å². The van der Waals surface area contributed by atoms with Crippen molar-refractivity contribution in [2.75, 3.05) is 0 Å². The van der Waals surface area contributed by atoms with Crippen molar-refractivity contribution in [3.05, 3.63) is 127 Å². The summed E-state index contributed by atoms with van der Waals surface area (Å²) >= 11 is 0.199. The van der Waals surface area contributed by atoms with E-state index in [0.717, 1.165) is 16.6 Å². The van der Waals surface area contributed by atoms with Gasteiger partial charge in [0.2, 0.25) is 0 Å². The van der Waals surface area contributed by atoms with Gasteiger partial charge in [-0.25, -0.2) is 0 Å². The standard InChI is InChI=1S/C36H21NOSe/c1-2-10-23(11-3-1)37-30-15-7-4-12-24(30)29-21-28(34-27-14-6-9-17-33(27)39-36(34)35(29)37)22-18-19-26-25-13-5-8-16-31(25)38-32(26)20-22/h1-21H. The van der Waals surface area contributed by atoms with Crippen molar-refractivity contribution >= 4 is 77.5 Å². The van der Waals surface area contributed by atoms with Crippen molar-refractivity contribution in [1.29, 1.82) is 0 Å². The summed E-state index contributed by atoms with van der Waals surface area (Å²) in [7, 11) is 0. The summed E-state index contributed by atoms with van der Waals surface area (Å²) in [5.74, 6) is 0. The predicted molar refractivity (Wildman–Crippen MR) is 165 cm³/mol. The van der Waals surface area contributed by atoms with E-state index in [2.05, 4.69) is 126 Å². The molecule has 0 aliphatic carbocycles. The van der Waals surface area contributed by atoms with Gasteiger partial charge in [0, 0.05) is 0 Å². The third-order valence-corrected chi connectivity index (χ3v) is 10.5. The summed E-state index contributed by atoms with van der Waals surface area (Å²) in [5.41, 5.74) is 8.14. The van der Waals surface area contributed by atoms with Crippen LogP contribution in [0, 0.1) is 0 Å². The number of rotatable bonds is 2. The number of nitrogens with zero attached hydrogens (tertiary/aromatic N) is 1. The number of hydrogen-bond acceptors (Lipinski definition) is 1. The maximum atomic E-state index is 6.32. The Hall–Kier alpha value is -4.56. The van der Waals surface area contributed by atoms with Crippen molar-refractivity contribution in [3.8, 4) is 16.8 Å². The zero-order valence-electron chi connectivity index (χ0n) is 20.9. The Kier molecular flexibility index (Phi) is 4.37. The Morgan fingerprint density at radius 3 is 2.15 bits per heavy atom. The molecule has 2 nitrogen and oxygen atoms in total. The van der Waals surface area contributed by atoms with Gasteiger partial charge >= 0.3 is 231 Å². The normalized spacial score (nSPS) is 12.1. The summed E-state index contributed by atoms with van der Waals surface area (Å²) in [6, 6.07) is 46.1. The SMILES string of the molecule is c1ccc(-n2c3ccccc3c3cc(-c4ccc5c(c4)oc4ccccc45)c4c5ccccc5[se]c4c32)cc1. The van der Waals surface area contributed by atoms with Crippen LogP contribution in [0.4, 0.5) is 0 Å². The van der Waals surface area contributed by atoms with Gasteiger partial charge in [0.15, 0.2) is 0 Å². The van der Waals surface area contributed by atoms with E-state index >= 15 is 0 Å². The van der Waals surface area contributed by atoms with Gasteiger partial charge in [0.1, 0.15) is 0 Å². The molecule has 0 aliphatic heterocycles. The van der Waals surface area contributed by atoms with Crippen LogP contribution in [0.2, 0.25) is 0 Å². The zero-order valence-corrected chi connectivity index (χ0v) is 22.6. The molecule has 0 radical (unpaired) electrons. The van der Waals surface area contributed by atoms with Gasteiger partial charge in [-0.3, -0.25) is 0 Å². The van der Waals surface area contributed by atoms with Crippen LogP contribution < -0.4 is 0 Å². The van der Waals surface area contributed by atoms with Crippen LogP contribution in [0.3, 0.4) is 0 Å². The summed E-state index contributed by atoms with van der Waals surface area (Å²) < 4.78 is 11.7. The molecule has 0 amide bonds. The average Bonchev–Trinajstić information content (AvgIpc) is 3.66. The number of furan rings is 1. The molecule has 0 saturated carbocycles. The molecule has 0 unspecified atom stereocenters. The topological polar surface area (TPSA) is 18.1 Å². The second-order valence-corrected chi connectivity index (χ2v) is 12.3. The van der Waals surface area contributed by atoms with Crippen molar-refractivity contribution < 1.29 is 4.42 Å². The first-order valence-corrected chi connectivity index (χ1v) is 14.9. The summed E-state index contributed by atoms with van der Waals surface area (Å²) in [4.78, 5) is 0. The van der Waals surface area contributed by atoms with Crippen LogP contribution in [-0.4, -0.2) is 19.1 Å². The van der Waals surface area contributed by atoms with Gasteiger partial charge < -0.3 is 0 Å². The number of benzene rings is 6. The monoisotopic (exact) mass is 563 g/mol. The van der Waals surface area contributed by atoms with Gasteiger partial charge in [-0.05, 0) is 0 Å². The maximum absolute atomic E-state index is 6.32. The minimum absolute atomic E-state index is 0.199. The Bertz CT molecular complexity index is 2390. The van der Waals surface area contributed by atoms with E-state index < -0.39 is 0 Å². The molecule has 0 spiro atoms. The van der Waals surface area contributed by atoms with Crippen LogP contribution in [-0.2, 0) is 0 Å². The van der Waals surface area contributed by atoms with Gasteiger partial charge in [-0.2, -0.15) is 0 Å². The van der Waals surface area contributed by atoms with Crippen molar-refractivity contribution in [3.63, 3.8) is 0 Å². The van der Waals surface area contributed by atoms with Gasteiger partial charge in [0.25, 0.3) is 0 Å². The van der Waals surface area contributed by atoms with E-state index in [1.165, 1.54) is 63.3 Å². The first-order chi connectivity index (χ1) is 19.3. The second kappa shape index (κ2) is 7.97. The van der Waals surface area contributed by atoms with Gasteiger partial charge in [0.05, 0.1) is 0 Å². The van der Waals surface area contributed by atoms with Crippen LogP contribution >= 0.6 is 0 Å². The first kappa shape index (κ1) is 21.4. The van der Waals surface area contributed by atoms with E-state index in [-0.39, 0.29) is 14.5 Å². The number of fused-ring (bicyclic) bond motifs is 10. The summed E-state index contributed by atoms with van der Waals surface area (Å²) in [6.45, 7) is 0. The van der Waals surface area contributed by atoms with Crippen molar-refractivity contribution in [2.45, 2.75) is 0 Å². The molecule has 0 saturated heterocycles. The van der Waals surface area contributed by atoms with E-state index in [1.54, 1.807) is 0 Å². The van der Waals surface area contributed by atoms with Crippen LogP contribution in [0.1, 0.15) is 0 Å². The molecule has 182 valence electrons. The Labute approximate surface area is 230 Å². The zero-order chi connectivity index (χ0) is 25.5. The van der Waals surface area contributed by atoms with Crippen molar-refractivity contribution in [2.24, 2.45) is 0 Å². The van der Waals surface area contributed by atoms with Gasteiger partial charge in [-0.1, -0.05) is 0 Å². The van der Waals surface area contributed by atoms with Gasteiger partial charge in [-0.15, -0.1) is 0 Å². The molecule has 0 N–H and O–H groups in total. The summed E-state index contributed by atoms with van der Waals surface area (Å²) in [6.07, 6.45) is 0. The molecule has 3 aromatic heterocycles. The first-order valence-electron chi connectivity index (χ1n) is 13.2. The molecular weight excluding hydrogens is 541 g/mol. The molecule has 0 bridgehead atoms. The minimum atomic E-state index is 0.199. The predicted octanol–water partition coefficient (Wildman–Crippen LogP) is 9.71. The Morgan fingerprint density at radius 2 is 1.26 bits per heavy atom. The molecule has 9 rings (SSSR count). The fourth-order valence-corrected chi connectivity index (χ4v) is 8.95. The fourth-order valence-electron chi connectivity index (χ4n) is 6.30. The fraction of sp³-hybridized carbons (Fsp3) is 0. The third kappa shape index (κ3) is 2.97. The molecule has 3 heterocycles.